The van der Waals surface area contributed by atoms with Gasteiger partial charge >= 0.3 is 0 Å². The quantitative estimate of drug-likeness (QED) is 0.231. The van der Waals surface area contributed by atoms with E-state index in [2.05, 4.69) is 5.32 Å². The van der Waals surface area contributed by atoms with E-state index < -0.39 is 28.5 Å². The predicted molar refractivity (Wildman–Crippen MR) is 167 cm³/mol. The van der Waals surface area contributed by atoms with Crippen molar-refractivity contribution in [1.82, 2.24) is 10.2 Å². The van der Waals surface area contributed by atoms with Crippen molar-refractivity contribution in [2.75, 3.05) is 24.0 Å². The summed E-state index contributed by atoms with van der Waals surface area (Å²) in [5, 5.41) is 2.95. The Kier molecular flexibility index (Phi) is 12.0. The second-order valence-electron chi connectivity index (χ2n) is 10.3. The summed E-state index contributed by atoms with van der Waals surface area (Å²) < 4.78 is 35.1. The maximum Gasteiger partial charge on any atom is 0.264 e. The summed E-state index contributed by atoms with van der Waals surface area (Å²) in [5.41, 5.74) is 3.08. The van der Waals surface area contributed by atoms with Crippen LogP contribution in [0.15, 0.2) is 77.7 Å². The number of carbonyl (C=O) groups is 2. The van der Waals surface area contributed by atoms with E-state index in [1.165, 1.54) is 17.0 Å². The van der Waals surface area contributed by atoms with Gasteiger partial charge in [-0.25, -0.2) is 8.42 Å². The molecule has 0 aliphatic heterocycles. The number of aryl methyl sites for hydroxylation is 2. The summed E-state index contributed by atoms with van der Waals surface area (Å²) in [4.78, 5) is 29.1. The molecule has 9 heteroatoms. The Hall–Kier alpha value is -3.85. The van der Waals surface area contributed by atoms with Crippen LogP contribution in [-0.2, 0) is 26.2 Å². The summed E-state index contributed by atoms with van der Waals surface area (Å²) in [7, 11) is -4.18. The van der Waals surface area contributed by atoms with Crippen LogP contribution in [0.2, 0.25) is 0 Å². The first-order chi connectivity index (χ1) is 20.1. The van der Waals surface area contributed by atoms with E-state index in [1.54, 1.807) is 36.4 Å². The Morgan fingerprint density at radius 2 is 1.50 bits per heavy atom. The van der Waals surface area contributed by atoms with Crippen molar-refractivity contribution < 1.29 is 22.7 Å². The highest BCUT2D eigenvalue weighted by molar-refractivity contribution is 7.92. The van der Waals surface area contributed by atoms with Crippen LogP contribution < -0.4 is 14.4 Å². The molecule has 3 aromatic carbocycles. The molecule has 0 unspecified atom stereocenters. The highest BCUT2D eigenvalue weighted by Crippen LogP contribution is 2.33. The Morgan fingerprint density at radius 3 is 2.10 bits per heavy atom. The van der Waals surface area contributed by atoms with Gasteiger partial charge in [-0.1, -0.05) is 79.9 Å². The summed E-state index contributed by atoms with van der Waals surface area (Å²) in [6, 6.07) is 20.2. The zero-order valence-corrected chi connectivity index (χ0v) is 26.1. The van der Waals surface area contributed by atoms with Gasteiger partial charge in [-0.05, 0) is 63.4 Å². The number of sulfonamides is 1. The Bertz CT molecular complexity index is 1420. The van der Waals surface area contributed by atoms with Gasteiger partial charge in [0, 0.05) is 13.1 Å². The number of benzene rings is 3. The molecule has 3 rings (SSSR count). The third-order valence-corrected chi connectivity index (χ3v) is 8.78. The first-order valence-corrected chi connectivity index (χ1v) is 16.0. The van der Waals surface area contributed by atoms with Gasteiger partial charge < -0.3 is 15.0 Å². The van der Waals surface area contributed by atoms with E-state index in [-0.39, 0.29) is 23.0 Å². The van der Waals surface area contributed by atoms with Gasteiger partial charge in [0.05, 0.1) is 17.2 Å². The monoisotopic (exact) mass is 593 g/mol. The van der Waals surface area contributed by atoms with Gasteiger partial charge in [-0.3, -0.25) is 13.9 Å². The van der Waals surface area contributed by atoms with Crippen LogP contribution in [0.25, 0.3) is 0 Å². The van der Waals surface area contributed by atoms with Gasteiger partial charge in [0.25, 0.3) is 10.0 Å². The molecule has 0 bridgehead atoms. The number of ether oxygens (including phenoxy) is 1. The van der Waals surface area contributed by atoms with Crippen LogP contribution in [-0.4, -0.2) is 50.9 Å². The average Bonchev–Trinajstić information content (AvgIpc) is 2.97. The molecule has 0 aromatic heterocycles. The molecule has 0 aliphatic carbocycles. The Balaban J connectivity index is 2.08. The van der Waals surface area contributed by atoms with Crippen molar-refractivity contribution >= 4 is 27.5 Å². The molecule has 8 nitrogen and oxygen atoms in total. The standard InChI is InChI=1S/C33H43N3O5S/c1-6-9-22-34-33(38)29(7-2)35(23-27-18-14-25(4)15-19-27)32(37)24-36(30-12-10-11-13-31(30)41-8-3)42(39,40)28-20-16-26(5)17-21-28/h10-21,29H,6-9,22-24H2,1-5H3,(H,34,38)/t29-/m0/s1. The van der Waals surface area contributed by atoms with Crippen molar-refractivity contribution in [2.24, 2.45) is 0 Å². The maximum atomic E-state index is 14.2. The molecule has 0 fully saturated rings. The summed E-state index contributed by atoms with van der Waals surface area (Å²) in [6.07, 6.45) is 2.12. The predicted octanol–water partition coefficient (Wildman–Crippen LogP) is 5.62. The van der Waals surface area contributed by atoms with Crippen molar-refractivity contribution in [2.45, 2.75) is 71.4 Å². The molecule has 1 N–H and O–H groups in total. The molecule has 2 amide bonds. The molecule has 226 valence electrons. The smallest absolute Gasteiger partial charge is 0.264 e. The lowest BCUT2D eigenvalue weighted by molar-refractivity contribution is -0.140. The number of nitrogens with zero attached hydrogens (tertiary/aromatic N) is 2. The molecule has 3 aromatic rings. The first kappa shape index (κ1) is 32.7. The van der Waals surface area contributed by atoms with Crippen LogP contribution in [0, 0.1) is 13.8 Å². The normalized spacial score (nSPS) is 11.9. The highest BCUT2D eigenvalue weighted by Gasteiger charge is 2.34. The topological polar surface area (TPSA) is 96.0 Å². The van der Waals surface area contributed by atoms with Gasteiger partial charge in [0.2, 0.25) is 11.8 Å². The first-order valence-electron chi connectivity index (χ1n) is 14.6. The highest BCUT2D eigenvalue weighted by atomic mass is 32.2. The van der Waals surface area contributed by atoms with Crippen LogP contribution >= 0.6 is 0 Å². The van der Waals surface area contributed by atoms with Gasteiger partial charge in [-0.2, -0.15) is 0 Å². The summed E-state index contributed by atoms with van der Waals surface area (Å²) in [5.74, 6) is -0.401. The molecule has 0 saturated heterocycles. The third kappa shape index (κ3) is 8.35. The largest absolute Gasteiger partial charge is 0.492 e. The Labute approximate surface area is 250 Å². The fourth-order valence-electron chi connectivity index (χ4n) is 4.61. The van der Waals surface area contributed by atoms with E-state index in [1.807, 2.05) is 58.9 Å². The average molecular weight is 594 g/mol. The minimum Gasteiger partial charge on any atom is -0.492 e. The minimum atomic E-state index is -4.18. The fourth-order valence-corrected chi connectivity index (χ4v) is 6.03. The number of nitrogens with one attached hydrogen (secondary N) is 1. The van der Waals surface area contributed by atoms with Crippen LogP contribution in [0.5, 0.6) is 5.75 Å². The molecule has 0 saturated carbocycles. The summed E-state index contributed by atoms with van der Waals surface area (Å²) in [6.45, 7) is 10.0. The molecule has 1 atom stereocenters. The number of anilines is 1. The van der Waals surface area contributed by atoms with E-state index in [0.717, 1.165) is 33.8 Å². The van der Waals surface area contributed by atoms with Crippen molar-refractivity contribution in [3.05, 3.63) is 89.5 Å². The van der Waals surface area contributed by atoms with E-state index in [4.69, 9.17) is 4.74 Å². The second kappa shape index (κ2) is 15.4. The van der Waals surface area contributed by atoms with Crippen molar-refractivity contribution in [3.63, 3.8) is 0 Å². The minimum absolute atomic E-state index is 0.0571. The van der Waals surface area contributed by atoms with Crippen LogP contribution in [0.3, 0.4) is 0 Å². The molecule has 0 spiro atoms. The van der Waals surface area contributed by atoms with Crippen LogP contribution in [0.1, 0.15) is 56.7 Å². The Morgan fingerprint density at radius 1 is 0.881 bits per heavy atom. The fraction of sp³-hybridized carbons (Fsp3) is 0.394. The molecule has 42 heavy (non-hydrogen) atoms. The number of hydrogen-bond acceptors (Lipinski definition) is 5. The number of unbranched alkanes of at least 4 members (excludes halogenated alkanes) is 1. The van der Waals surface area contributed by atoms with Gasteiger partial charge in [-0.15, -0.1) is 0 Å². The second-order valence-corrected chi connectivity index (χ2v) is 12.2. The zero-order valence-electron chi connectivity index (χ0n) is 25.3. The number of carbonyl (C=O) groups excluding carboxylic acids is 2. The van der Waals surface area contributed by atoms with E-state index >= 15 is 0 Å². The number of para-hydroxylation sites is 2. The molecule has 0 aliphatic rings. The molecular weight excluding hydrogens is 550 g/mol. The van der Waals surface area contributed by atoms with E-state index in [9.17, 15) is 18.0 Å². The van der Waals surface area contributed by atoms with Crippen LogP contribution in [0.4, 0.5) is 5.69 Å². The lowest BCUT2D eigenvalue weighted by Gasteiger charge is -2.33. The molecular formula is C33H43N3O5S. The molecule has 0 heterocycles. The maximum absolute atomic E-state index is 14.2. The third-order valence-electron chi connectivity index (χ3n) is 7.01. The number of hydrogen-bond donors (Lipinski definition) is 1. The summed E-state index contributed by atoms with van der Waals surface area (Å²) >= 11 is 0. The van der Waals surface area contributed by atoms with Crippen molar-refractivity contribution in [1.29, 1.82) is 0 Å². The van der Waals surface area contributed by atoms with Crippen molar-refractivity contribution in [3.8, 4) is 5.75 Å². The lowest BCUT2D eigenvalue weighted by atomic mass is 10.1. The number of rotatable bonds is 15. The van der Waals surface area contributed by atoms with Gasteiger partial charge in [0.1, 0.15) is 18.3 Å². The zero-order chi connectivity index (χ0) is 30.7. The van der Waals surface area contributed by atoms with E-state index in [0.29, 0.717) is 25.3 Å². The van der Waals surface area contributed by atoms with Gasteiger partial charge in [0.15, 0.2) is 0 Å². The number of amides is 2. The SMILES string of the molecule is CCCCNC(=O)[C@H](CC)N(Cc1ccc(C)cc1)C(=O)CN(c1ccccc1OCC)S(=O)(=O)c1ccc(C)cc1. The lowest BCUT2D eigenvalue weighted by Crippen LogP contribution is -2.52. The molecule has 0 radical (unpaired) electrons.